The number of rotatable bonds is 0. The molecule has 0 saturated carbocycles. The van der Waals surface area contributed by atoms with Crippen molar-refractivity contribution in [3.05, 3.63) is 0 Å². The maximum atomic E-state index is 12.2. The average Bonchev–Trinajstić information content (AvgIpc) is 2.33. The van der Waals surface area contributed by atoms with Crippen molar-refractivity contribution in [2.75, 3.05) is 19.6 Å². The zero-order valence-corrected chi connectivity index (χ0v) is 12.4. The SMILES string of the molecule is CC(C)(C)OC(=O)N1CCCN(C(=O)O)CC1(C)C. The Labute approximate surface area is 114 Å². The molecule has 1 N–H and O–H groups in total. The first-order valence-electron chi connectivity index (χ1n) is 6.51. The van der Waals surface area contributed by atoms with Crippen molar-refractivity contribution in [2.45, 2.75) is 52.2 Å². The summed E-state index contributed by atoms with van der Waals surface area (Å²) in [6, 6.07) is 0. The van der Waals surface area contributed by atoms with Crippen LogP contribution >= 0.6 is 0 Å². The van der Waals surface area contributed by atoms with E-state index in [0.717, 1.165) is 0 Å². The number of hydrogen-bond acceptors (Lipinski definition) is 3. The Morgan fingerprint density at radius 2 is 1.79 bits per heavy atom. The van der Waals surface area contributed by atoms with E-state index in [2.05, 4.69) is 0 Å². The largest absolute Gasteiger partial charge is 0.465 e. The molecule has 19 heavy (non-hydrogen) atoms. The molecule has 6 nitrogen and oxygen atoms in total. The van der Waals surface area contributed by atoms with Crippen molar-refractivity contribution in [1.82, 2.24) is 9.80 Å². The fourth-order valence-electron chi connectivity index (χ4n) is 2.17. The lowest BCUT2D eigenvalue weighted by Crippen LogP contribution is -2.53. The van der Waals surface area contributed by atoms with E-state index in [9.17, 15) is 9.59 Å². The topological polar surface area (TPSA) is 70.1 Å². The van der Waals surface area contributed by atoms with Gasteiger partial charge in [-0.3, -0.25) is 0 Å². The molecule has 1 heterocycles. The van der Waals surface area contributed by atoms with Gasteiger partial charge in [-0.1, -0.05) is 0 Å². The van der Waals surface area contributed by atoms with Crippen LogP contribution in [0.15, 0.2) is 0 Å². The third kappa shape index (κ3) is 4.29. The lowest BCUT2D eigenvalue weighted by molar-refractivity contribution is 0.00291. The molecule has 0 aromatic carbocycles. The molecule has 0 spiro atoms. The molecule has 2 amide bonds. The summed E-state index contributed by atoms with van der Waals surface area (Å²) in [5.74, 6) is 0. The van der Waals surface area contributed by atoms with E-state index in [-0.39, 0.29) is 6.09 Å². The van der Waals surface area contributed by atoms with Crippen molar-refractivity contribution < 1.29 is 19.4 Å². The first-order chi connectivity index (χ1) is 8.53. The van der Waals surface area contributed by atoms with Crippen LogP contribution in [-0.2, 0) is 4.74 Å². The van der Waals surface area contributed by atoms with Gasteiger partial charge in [0.2, 0.25) is 0 Å². The van der Waals surface area contributed by atoms with Crippen LogP contribution in [0.2, 0.25) is 0 Å². The van der Waals surface area contributed by atoms with E-state index in [1.165, 1.54) is 4.90 Å². The highest BCUT2D eigenvalue weighted by Gasteiger charge is 2.38. The van der Waals surface area contributed by atoms with Crippen molar-refractivity contribution in [1.29, 1.82) is 0 Å². The summed E-state index contributed by atoms with van der Waals surface area (Å²) in [7, 11) is 0. The summed E-state index contributed by atoms with van der Waals surface area (Å²) in [5, 5.41) is 9.10. The van der Waals surface area contributed by atoms with Crippen LogP contribution < -0.4 is 0 Å². The first kappa shape index (κ1) is 15.6. The van der Waals surface area contributed by atoms with Crippen molar-refractivity contribution in [3.63, 3.8) is 0 Å². The van der Waals surface area contributed by atoms with Crippen LogP contribution in [0.5, 0.6) is 0 Å². The predicted octanol–water partition coefficient (Wildman–Crippen LogP) is 2.39. The van der Waals surface area contributed by atoms with Crippen LogP contribution in [0.4, 0.5) is 9.59 Å². The molecule has 0 atom stereocenters. The molecule has 1 saturated heterocycles. The summed E-state index contributed by atoms with van der Waals surface area (Å²) in [6.45, 7) is 10.4. The number of carboxylic acid groups (broad SMARTS) is 1. The predicted molar refractivity (Wildman–Crippen MR) is 71.2 cm³/mol. The normalized spacial score (nSPS) is 19.8. The summed E-state index contributed by atoms with van der Waals surface area (Å²) >= 11 is 0. The average molecular weight is 272 g/mol. The number of carbonyl (C=O) groups is 2. The second-order valence-electron chi connectivity index (χ2n) is 6.50. The Morgan fingerprint density at radius 1 is 1.21 bits per heavy atom. The molecule has 0 aromatic rings. The lowest BCUT2D eigenvalue weighted by Gasteiger charge is -2.38. The van der Waals surface area contributed by atoms with Gasteiger partial charge in [-0.15, -0.1) is 0 Å². The van der Waals surface area contributed by atoms with E-state index in [4.69, 9.17) is 9.84 Å². The highest BCUT2D eigenvalue weighted by molar-refractivity contribution is 5.70. The van der Waals surface area contributed by atoms with Gasteiger partial charge in [0, 0.05) is 19.6 Å². The van der Waals surface area contributed by atoms with E-state index >= 15 is 0 Å². The molecule has 0 unspecified atom stereocenters. The number of amides is 2. The molecule has 1 rings (SSSR count). The third-order valence-electron chi connectivity index (χ3n) is 3.00. The highest BCUT2D eigenvalue weighted by Crippen LogP contribution is 2.23. The van der Waals surface area contributed by atoms with E-state index < -0.39 is 17.2 Å². The fourth-order valence-corrected chi connectivity index (χ4v) is 2.17. The minimum Gasteiger partial charge on any atom is -0.465 e. The van der Waals surface area contributed by atoms with Gasteiger partial charge >= 0.3 is 12.2 Å². The molecule has 0 bridgehead atoms. The summed E-state index contributed by atoms with van der Waals surface area (Å²) in [5.41, 5.74) is -1.12. The molecule has 1 aliphatic rings. The van der Waals surface area contributed by atoms with Crippen LogP contribution in [0.3, 0.4) is 0 Å². The third-order valence-corrected chi connectivity index (χ3v) is 3.00. The molecule has 0 radical (unpaired) electrons. The molecule has 0 aromatic heterocycles. The molecular formula is C13H24N2O4. The molecule has 0 aliphatic carbocycles. The highest BCUT2D eigenvalue weighted by atomic mass is 16.6. The van der Waals surface area contributed by atoms with Crippen LogP contribution in [0.25, 0.3) is 0 Å². The van der Waals surface area contributed by atoms with Crippen molar-refractivity contribution in [3.8, 4) is 0 Å². The maximum absolute atomic E-state index is 12.2. The van der Waals surface area contributed by atoms with E-state index in [1.54, 1.807) is 4.90 Å². The Balaban J connectivity index is 2.84. The Morgan fingerprint density at radius 3 is 2.26 bits per heavy atom. The molecule has 110 valence electrons. The van der Waals surface area contributed by atoms with Gasteiger partial charge in [0.05, 0.1) is 5.54 Å². The molecule has 1 fully saturated rings. The van der Waals surface area contributed by atoms with Crippen molar-refractivity contribution in [2.24, 2.45) is 0 Å². The zero-order valence-electron chi connectivity index (χ0n) is 12.4. The van der Waals surface area contributed by atoms with Crippen molar-refractivity contribution >= 4 is 12.2 Å². The Hall–Kier alpha value is -1.46. The van der Waals surface area contributed by atoms with Gasteiger partial charge in [-0.05, 0) is 41.0 Å². The summed E-state index contributed by atoms with van der Waals surface area (Å²) < 4.78 is 5.39. The fraction of sp³-hybridized carbons (Fsp3) is 0.846. The molecular weight excluding hydrogens is 248 g/mol. The smallest absolute Gasteiger partial charge is 0.410 e. The summed E-state index contributed by atoms with van der Waals surface area (Å²) in [6.07, 6.45) is -0.710. The van der Waals surface area contributed by atoms with Gasteiger partial charge in [-0.2, -0.15) is 0 Å². The second kappa shape index (κ2) is 5.27. The number of nitrogens with zero attached hydrogens (tertiary/aromatic N) is 2. The van der Waals surface area contributed by atoms with Gasteiger partial charge < -0.3 is 19.6 Å². The van der Waals surface area contributed by atoms with E-state index in [0.29, 0.717) is 26.1 Å². The minimum absolute atomic E-state index is 0.293. The van der Waals surface area contributed by atoms with Gasteiger partial charge in [0.15, 0.2) is 0 Å². The van der Waals surface area contributed by atoms with E-state index in [1.807, 2.05) is 34.6 Å². The zero-order chi connectivity index (χ0) is 14.8. The Bertz CT molecular complexity index is 360. The standard InChI is InChI=1S/C13H24N2O4/c1-12(2,3)19-11(18)15-8-6-7-14(10(16)17)9-13(15,4)5/h6-9H2,1-5H3,(H,16,17). The maximum Gasteiger partial charge on any atom is 0.410 e. The molecule has 1 aliphatic heterocycles. The number of hydrogen-bond donors (Lipinski definition) is 1. The van der Waals surface area contributed by atoms with Gasteiger partial charge in [0.25, 0.3) is 0 Å². The van der Waals surface area contributed by atoms with Crippen LogP contribution in [-0.4, -0.2) is 57.9 Å². The van der Waals surface area contributed by atoms with Gasteiger partial charge in [-0.25, -0.2) is 9.59 Å². The molecule has 6 heteroatoms. The number of ether oxygens (including phenoxy) is 1. The quantitative estimate of drug-likeness (QED) is 0.735. The lowest BCUT2D eigenvalue weighted by atomic mass is 10.0. The van der Waals surface area contributed by atoms with Crippen LogP contribution in [0.1, 0.15) is 41.0 Å². The minimum atomic E-state index is -0.945. The monoisotopic (exact) mass is 272 g/mol. The van der Waals surface area contributed by atoms with Gasteiger partial charge in [0.1, 0.15) is 5.60 Å². The first-order valence-corrected chi connectivity index (χ1v) is 6.51. The Kier molecular flexibility index (Phi) is 4.32. The second-order valence-corrected chi connectivity index (χ2v) is 6.50. The number of carbonyl (C=O) groups excluding carboxylic acids is 1. The summed E-state index contributed by atoms with van der Waals surface area (Å²) in [4.78, 5) is 26.3. The van der Waals surface area contributed by atoms with Crippen LogP contribution in [0, 0.1) is 0 Å².